The van der Waals surface area contributed by atoms with Crippen molar-refractivity contribution in [3.63, 3.8) is 0 Å². The zero-order chi connectivity index (χ0) is 16.3. The lowest BCUT2D eigenvalue weighted by atomic mass is 10.1. The van der Waals surface area contributed by atoms with Gasteiger partial charge in [-0.05, 0) is 19.1 Å². The second kappa shape index (κ2) is 6.00. The normalized spacial score (nSPS) is 11.3. The molecule has 116 valence electrons. The highest BCUT2D eigenvalue weighted by Gasteiger charge is 2.33. The van der Waals surface area contributed by atoms with Crippen LogP contribution in [-0.2, 0) is 11.0 Å². The minimum Gasteiger partial charge on any atom is -0.480 e. The Bertz CT molecular complexity index is 702. The molecule has 0 aliphatic carbocycles. The van der Waals surface area contributed by atoms with Crippen LogP contribution in [0.1, 0.15) is 11.3 Å². The van der Waals surface area contributed by atoms with Crippen molar-refractivity contribution in [1.29, 1.82) is 0 Å². The van der Waals surface area contributed by atoms with Crippen LogP contribution in [0, 0.1) is 6.92 Å². The van der Waals surface area contributed by atoms with Crippen LogP contribution < -0.4 is 5.32 Å². The molecule has 0 fully saturated rings. The molecule has 0 radical (unpaired) electrons. The molecule has 1 heterocycles. The lowest BCUT2D eigenvalue weighted by molar-refractivity contribution is -0.141. The standard InChI is InChI=1S/C14H12F3N3O2/c1-8-3-2-4-9(5-8)10-6-11(14(15,16)17)20-13(19-10)18-7-12(21)22/h2-6H,7H2,1H3,(H,21,22)(H,18,19,20). The topological polar surface area (TPSA) is 75.1 Å². The van der Waals surface area contributed by atoms with Gasteiger partial charge in [-0.1, -0.05) is 23.8 Å². The average Bonchev–Trinajstić information content (AvgIpc) is 2.44. The fourth-order valence-electron chi connectivity index (χ4n) is 1.78. The summed E-state index contributed by atoms with van der Waals surface area (Å²) in [5.41, 5.74) is 0.293. The van der Waals surface area contributed by atoms with Crippen LogP contribution in [0.4, 0.5) is 19.1 Å². The van der Waals surface area contributed by atoms with Gasteiger partial charge in [0.15, 0.2) is 5.69 Å². The maximum absolute atomic E-state index is 12.9. The SMILES string of the molecule is Cc1cccc(-c2cc(C(F)(F)F)nc(NCC(=O)O)n2)c1. The number of carbonyl (C=O) groups is 1. The van der Waals surface area contributed by atoms with Crippen molar-refractivity contribution in [2.45, 2.75) is 13.1 Å². The van der Waals surface area contributed by atoms with Gasteiger partial charge in [-0.25, -0.2) is 9.97 Å². The molecule has 1 aromatic heterocycles. The summed E-state index contributed by atoms with van der Waals surface area (Å²) in [6, 6.07) is 7.64. The number of carboxylic acids is 1. The Hall–Kier alpha value is -2.64. The second-order valence-electron chi connectivity index (χ2n) is 4.58. The first-order valence-electron chi connectivity index (χ1n) is 6.24. The van der Waals surface area contributed by atoms with Gasteiger partial charge in [0, 0.05) is 5.56 Å². The Kier molecular flexibility index (Phi) is 4.30. The molecule has 0 aliphatic heterocycles. The molecule has 0 atom stereocenters. The third-order valence-electron chi connectivity index (χ3n) is 2.73. The van der Waals surface area contributed by atoms with Crippen molar-refractivity contribution in [2.75, 3.05) is 11.9 Å². The molecule has 5 nitrogen and oxygen atoms in total. The molecule has 0 bridgehead atoms. The number of hydrogen-bond acceptors (Lipinski definition) is 4. The van der Waals surface area contributed by atoms with E-state index in [1.54, 1.807) is 31.2 Å². The molecule has 0 unspecified atom stereocenters. The van der Waals surface area contributed by atoms with E-state index >= 15 is 0 Å². The van der Waals surface area contributed by atoms with Crippen molar-refractivity contribution < 1.29 is 23.1 Å². The minimum absolute atomic E-state index is 0.0684. The first-order chi connectivity index (χ1) is 10.3. The predicted octanol–water partition coefficient (Wildman–Crippen LogP) is 2.97. The number of alkyl halides is 3. The molecule has 0 spiro atoms. The van der Waals surface area contributed by atoms with E-state index in [0.29, 0.717) is 5.56 Å². The van der Waals surface area contributed by atoms with E-state index in [2.05, 4.69) is 15.3 Å². The average molecular weight is 311 g/mol. The fourth-order valence-corrected chi connectivity index (χ4v) is 1.78. The number of hydrogen-bond donors (Lipinski definition) is 2. The van der Waals surface area contributed by atoms with Gasteiger partial charge in [-0.2, -0.15) is 13.2 Å². The monoisotopic (exact) mass is 311 g/mol. The van der Waals surface area contributed by atoms with Crippen LogP contribution in [-0.4, -0.2) is 27.6 Å². The maximum atomic E-state index is 12.9. The van der Waals surface area contributed by atoms with E-state index in [0.717, 1.165) is 11.6 Å². The molecule has 2 N–H and O–H groups in total. The van der Waals surface area contributed by atoms with E-state index in [9.17, 15) is 18.0 Å². The fraction of sp³-hybridized carbons (Fsp3) is 0.214. The molecular formula is C14H12F3N3O2. The summed E-state index contributed by atoms with van der Waals surface area (Å²) in [6.07, 6.45) is -4.65. The highest BCUT2D eigenvalue weighted by molar-refractivity contribution is 5.72. The molecule has 0 saturated heterocycles. The summed E-state index contributed by atoms with van der Waals surface area (Å²) in [7, 11) is 0. The first kappa shape index (κ1) is 15.7. The van der Waals surface area contributed by atoms with Crippen LogP contribution in [0.5, 0.6) is 0 Å². The van der Waals surface area contributed by atoms with Crippen molar-refractivity contribution in [3.8, 4) is 11.3 Å². The number of aliphatic carboxylic acids is 1. The zero-order valence-electron chi connectivity index (χ0n) is 11.5. The number of rotatable bonds is 4. The van der Waals surface area contributed by atoms with E-state index in [1.165, 1.54) is 0 Å². The molecule has 2 aromatic rings. The van der Waals surface area contributed by atoms with Gasteiger partial charge >= 0.3 is 12.1 Å². The Morgan fingerprint density at radius 3 is 2.59 bits per heavy atom. The van der Waals surface area contributed by atoms with Crippen LogP contribution in [0.2, 0.25) is 0 Å². The minimum atomic E-state index is -4.65. The van der Waals surface area contributed by atoms with Crippen molar-refractivity contribution in [3.05, 3.63) is 41.6 Å². The lowest BCUT2D eigenvalue weighted by Gasteiger charge is -2.11. The van der Waals surface area contributed by atoms with E-state index in [4.69, 9.17) is 5.11 Å². The third kappa shape index (κ3) is 3.94. The van der Waals surface area contributed by atoms with Crippen LogP contribution in [0.15, 0.2) is 30.3 Å². The van der Waals surface area contributed by atoms with Gasteiger partial charge in [-0.15, -0.1) is 0 Å². The molecule has 0 aliphatic rings. The van der Waals surface area contributed by atoms with Gasteiger partial charge in [0.25, 0.3) is 0 Å². The lowest BCUT2D eigenvalue weighted by Crippen LogP contribution is -2.17. The molecule has 2 rings (SSSR count). The number of nitrogens with zero attached hydrogens (tertiary/aromatic N) is 2. The Morgan fingerprint density at radius 2 is 2.00 bits per heavy atom. The zero-order valence-corrected chi connectivity index (χ0v) is 11.5. The number of benzene rings is 1. The maximum Gasteiger partial charge on any atom is 0.433 e. The van der Waals surface area contributed by atoms with Gasteiger partial charge in [-0.3, -0.25) is 4.79 Å². The Labute approximate surface area is 123 Å². The summed E-state index contributed by atoms with van der Waals surface area (Å²) in [4.78, 5) is 17.8. The molecule has 8 heteroatoms. The van der Waals surface area contributed by atoms with Crippen molar-refractivity contribution in [2.24, 2.45) is 0 Å². The number of aromatic nitrogens is 2. The number of nitrogens with one attached hydrogen (secondary N) is 1. The summed E-state index contributed by atoms with van der Waals surface area (Å²) in [5, 5.41) is 10.8. The smallest absolute Gasteiger partial charge is 0.433 e. The van der Waals surface area contributed by atoms with Gasteiger partial charge in [0.2, 0.25) is 5.95 Å². The van der Waals surface area contributed by atoms with Crippen molar-refractivity contribution >= 4 is 11.9 Å². The van der Waals surface area contributed by atoms with Crippen LogP contribution >= 0.6 is 0 Å². The van der Waals surface area contributed by atoms with Gasteiger partial charge in [0.1, 0.15) is 6.54 Å². The molecule has 0 amide bonds. The summed E-state index contributed by atoms with van der Waals surface area (Å²) < 4.78 is 38.7. The molecular weight excluding hydrogens is 299 g/mol. The first-order valence-corrected chi connectivity index (χ1v) is 6.24. The van der Waals surface area contributed by atoms with E-state index in [1.807, 2.05) is 0 Å². The predicted molar refractivity (Wildman–Crippen MR) is 73.3 cm³/mol. The number of anilines is 1. The Balaban J connectivity index is 2.48. The van der Waals surface area contributed by atoms with Crippen molar-refractivity contribution in [1.82, 2.24) is 9.97 Å². The quantitative estimate of drug-likeness (QED) is 0.908. The van der Waals surface area contributed by atoms with Crippen LogP contribution in [0.3, 0.4) is 0 Å². The summed E-state index contributed by atoms with van der Waals surface area (Å²) in [6.45, 7) is 1.23. The van der Waals surface area contributed by atoms with Gasteiger partial charge < -0.3 is 10.4 Å². The number of halogens is 3. The van der Waals surface area contributed by atoms with Crippen LogP contribution in [0.25, 0.3) is 11.3 Å². The van der Waals surface area contributed by atoms with E-state index in [-0.39, 0.29) is 11.6 Å². The van der Waals surface area contributed by atoms with Gasteiger partial charge in [0.05, 0.1) is 5.69 Å². The number of aryl methyl sites for hydroxylation is 1. The van der Waals surface area contributed by atoms with E-state index < -0.39 is 24.4 Å². The molecule has 22 heavy (non-hydrogen) atoms. The largest absolute Gasteiger partial charge is 0.480 e. The number of carboxylic acid groups (broad SMARTS) is 1. The molecule has 1 aromatic carbocycles. The molecule has 0 saturated carbocycles. The highest BCUT2D eigenvalue weighted by Crippen LogP contribution is 2.31. The summed E-state index contributed by atoms with van der Waals surface area (Å²) in [5.74, 6) is -1.60. The highest BCUT2D eigenvalue weighted by atomic mass is 19.4. The second-order valence-corrected chi connectivity index (χ2v) is 4.58. The Morgan fingerprint density at radius 1 is 1.27 bits per heavy atom. The summed E-state index contributed by atoms with van der Waals surface area (Å²) >= 11 is 0. The third-order valence-corrected chi connectivity index (χ3v) is 2.73.